The lowest BCUT2D eigenvalue weighted by Gasteiger charge is -2.26. The molecule has 0 N–H and O–H groups in total. The van der Waals surface area contributed by atoms with Crippen molar-refractivity contribution in [2.75, 3.05) is 0 Å². The molecule has 0 saturated heterocycles. The fourth-order valence-electron chi connectivity index (χ4n) is 23.0. The van der Waals surface area contributed by atoms with Crippen LogP contribution in [-0.2, 0) is 16.2 Å². The summed E-state index contributed by atoms with van der Waals surface area (Å²) < 4.78 is 0. The summed E-state index contributed by atoms with van der Waals surface area (Å²) in [5.74, 6) is 0. The summed E-state index contributed by atoms with van der Waals surface area (Å²) in [7, 11) is 0. The second-order valence-electron chi connectivity index (χ2n) is 38.9. The minimum absolute atomic E-state index is 0.190. The summed E-state index contributed by atoms with van der Waals surface area (Å²) >= 11 is 0. The van der Waals surface area contributed by atoms with Crippen LogP contribution in [0.15, 0.2) is 443 Å². The molecule has 25 aromatic rings. The Morgan fingerprint density at radius 2 is 0.511 bits per heavy atom. The third-order valence-electron chi connectivity index (χ3n) is 29.8. The number of fused-ring (bicyclic) bond motifs is 23. The van der Waals surface area contributed by atoms with Gasteiger partial charge in [-0.1, -0.05) is 399 Å². The van der Waals surface area contributed by atoms with Crippen LogP contribution < -0.4 is 0 Å². The highest BCUT2D eigenvalue weighted by molar-refractivity contribution is 6.20. The van der Waals surface area contributed by atoms with E-state index < -0.39 is 0 Å². The van der Waals surface area contributed by atoms with Gasteiger partial charge in [0.15, 0.2) is 0 Å². The van der Waals surface area contributed by atoms with E-state index in [9.17, 15) is 0 Å². The van der Waals surface area contributed by atoms with Gasteiger partial charge in [0, 0.05) is 106 Å². The Kier molecular flexibility index (Phi) is 19.2. The molecule has 7 nitrogen and oxygen atoms in total. The number of rotatable bonds is 9. The van der Waals surface area contributed by atoms with Gasteiger partial charge in [-0.3, -0.25) is 15.0 Å². The van der Waals surface area contributed by atoms with Crippen LogP contribution >= 0.6 is 0 Å². The van der Waals surface area contributed by atoms with Gasteiger partial charge in [-0.2, -0.15) is 0 Å². The molecule has 0 spiro atoms. The summed E-state index contributed by atoms with van der Waals surface area (Å²) in [6.07, 6.45) is 5.68. The van der Waals surface area contributed by atoms with Crippen LogP contribution in [0.4, 0.5) is 0 Å². The number of aromatic nitrogens is 7. The molecule has 139 heavy (non-hydrogen) atoms. The molecule has 0 aliphatic heterocycles. The van der Waals surface area contributed by atoms with Crippen LogP contribution in [0.2, 0.25) is 0 Å². The van der Waals surface area contributed by atoms with Crippen LogP contribution in [0, 0.1) is 0 Å². The van der Waals surface area contributed by atoms with Crippen molar-refractivity contribution in [3.63, 3.8) is 0 Å². The largest absolute Gasteiger partial charge is 0.256 e. The molecule has 7 heterocycles. The van der Waals surface area contributed by atoms with E-state index in [1.165, 1.54) is 171 Å². The predicted molar refractivity (Wildman–Crippen MR) is 581 cm³/mol. The molecule has 7 aromatic heterocycles. The van der Waals surface area contributed by atoms with Gasteiger partial charge in [-0.25, -0.2) is 19.9 Å². The number of para-hydroxylation sites is 2. The summed E-state index contributed by atoms with van der Waals surface area (Å²) in [6.45, 7) is 14.1. The van der Waals surface area contributed by atoms with Gasteiger partial charge in [0.05, 0.1) is 61.4 Å². The molecule has 18 aromatic carbocycles. The van der Waals surface area contributed by atoms with Crippen molar-refractivity contribution in [2.45, 2.75) is 57.8 Å². The molecule has 654 valence electrons. The van der Waals surface area contributed by atoms with E-state index in [4.69, 9.17) is 19.9 Å². The van der Waals surface area contributed by atoms with Gasteiger partial charge in [-0.15, -0.1) is 0 Å². The summed E-state index contributed by atoms with van der Waals surface area (Å²) in [5.41, 5.74) is 42.6. The quantitative estimate of drug-likeness (QED) is 0.133. The second-order valence-corrected chi connectivity index (χ2v) is 38.9. The molecule has 7 heteroatoms. The van der Waals surface area contributed by atoms with Crippen molar-refractivity contribution in [1.82, 2.24) is 34.9 Å². The summed E-state index contributed by atoms with van der Waals surface area (Å²) in [5, 5.41) is 15.6. The molecular formula is C132H91N7. The van der Waals surface area contributed by atoms with Crippen molar-refractivity contribution >= 4 is 109 Å². The number of pyridine rings is 7. The average Bonchev–Trinajstić information content (AvgIpc) is 1.59. The molecule has 0 amide bonds. The Morgan fingerprint density at radius 3 is 0.964 bits per heavy atom. The standard InChI is InChI=1S/C46H31N3.2C43H30N2/c1-46(2)37-15-6-5-14-36(37)45-42(46)40(41-35-13-4-3-9-29(35)22-25-39(41)49-45)34-11-7-10-33(27-34)28-16-18-30(19-17-28)38-24-23-32-21-20-31-12-8-26-47-43(31)44(32)48-38;1-43(2)36-16-7-6-15-35(36)42-41(43)39(40-34-14-5-3-10-29(34)22-23-38(40)45-42)32-13-9-12-30(24-32)27-18-20-28(21-19-27)33-25-31-11-4-8-17-37(31)44-26-33;1-43(2)36-18-6-5-16-35(36)42-40(43)38(39-33-15-4-3-10-28(33)23-24-37(39)45-42)32-13-7-12-31(26-32)27-19-21-29(22-20-27)34-17-8-11-30-14-9-25-44-41(30)34/h3-27H,1-2H3;2*3-26H,1-2H3. The summed E-state index contributed by atoms with van der Waals surface area (Å²) in [4.78, 5) is 35.2. The van der Waals surface area contributed by atoms with E-state index in [1.54, 1.807) is 0 Å². The average molecular weight is 1780 g/mol. The molecule has 28 rings (SSSR count). The minimum atomic E-state index is -0.204. The highest BCUT2D eigenvalue weighted by Crippen LogP contribution is 2.59. The van der Waals surface area contributed by atoms with Crippen molar-refractivity contribution < 1.29 is 0 Å². The van der Waals surface area contributed by atoms with Gasteiger partial charge in [-0.05, 0) is 210 Å². The van der Waals surface area contributed by atoms with E-state index in [0.29, 0.717) is 0 Å². The Labute approximate surface area is 806 Å². The van der Waals surface area contributed by atoms with Crippen LogP contribution in [0.5, 0.6) is 0 Å². The zero-order valence-corrected chi connectivity index (χ0v) is 77.8. The van der Waals surface area contributed by atoms with Gasteiger partial charge >= 0.3 is 0 Å². The normalized spacial score (nSPS) is 13.3. The number of hydrogen-bond donors (Lipinski definition) is 0. The van der Waals surface area contributed by atoms with E-state index in [2.05, 4.69) is 463 Å². The molecule has 0 radical (unpaired) electrons. The van der Waals surface area contributed by atoms with Crippen molar-refractivity contribution in [2.24, 2.45) is 0 Å². The lowest BCUT2D eigenvalue weighted by molar-refractivity contribution is 0.661. The summed E-state index contributed by atoms with van der Waals surface area (Å²) in [6, 6.07) is 153. The topological polar surface area (TPSA) is 90.2 Å². The minimum Gasteiger partial charge on any atom is -0.256 e. The van der Waals surface area contributed by atoms with Crippen LogP contribution in [0.3, 0.4) is 0 Å². The van der Waals surface area contributed by atoms with Gasteiger partial charge in [0.1, 0.15) is 0 Å². The third kappa shape index (κ3) is 13.6. The molecule has 0 atom stereocenters. The van der Waals surface area contributed by atoms with E-state index in [-0.39, 0.29) is 16.2 Å². The van der Waals surface area contributed by atoms with Crippen molar-refractivity contribution in [3.05, 3.63) is 477 Å². The zero-order chi connectivity index (χ0) is 92.9. The van der Waals surface area contributed by atoms with Gasteiger partial charge < -0.3 is 0 Å². The van der Waals surface area contributed by atoms with Gasteiger partial charge in [0.25, 0.3) is 0 Å². The monoisotopic (exact) mass is 1770 g/mol. The Morgan fingerprint density at radius 1 is 0.187 bits per heavy atom. The Balaban J connectivity index is 0.000000108. The number of nitrogens with zero attached hydrogens (tertiary/aromatic N) is 7. The maximum Gasteiger partial charge on any atom is 0.0972 e. The molecule has 0 bridgehead atoms. The molecule has 0 saturated carbocycles. The zero-order valence-electron chi connectivity index (χ0n) is 77.8. The lowest BCUT2D eigenvalue weighted by atomic mass is 9.77. The van der Waals surface area contributed by atoms with Crippen LogP contribution in [0.25, 0.3) is 243 Å². The fourth-order valence-corrected chi connectivity index (χ4v) is 23.0. The van der Waals surface area contributed by atoms with E-state index >= 15 is 0 Å². The smallest absolute Gasteiger partial charge is 0.0972 e. The second kappa shape index (κ2) is 32.4. The Hall–Kier alpha value is -17.4. The first-order valence-corrected chi connectivity index (χ1v) is 48.0. The van der Waals surface area contributed by atoms with Crippen molar-refractivity contribution in [3.8, 4) is 134 Å². The molecular weight excluding hydrogens is 1680 g/mol. The maximum absolute atomic E-state index is 5.37. The Bertz CT molecular complexity index is 9400. The molecule has 0 fully saturated rings. The van der Waals surface area contributed by atoms with Crippen LogP contribution in [-0.4, -0.2) is 34.9 Å². The first-order valence-electron chi connectivity index (χ1n) is 48.0. The third-order valence-corrected chi connectivity index (χ3v) is 29.8. The molecule has 3 aliphatic carbocycles. The SMILES string of the molecule is CC1(C)c2ccccc2-c2nc3ccc4ccccc4c3c(-c3cccc(-c4ccc(-c5ccc6ccc7cccnc7c6n5)cc4)c3)c21.CC1(C)c2ccccc2-c2nc3ccc4ccccc4c3c(-c3cccc(-c4ccc(-c5cccc6cccnc56)cc4)c3)c21.CC1(C)c2ccccc2-c2nc3ccc4ccccc4c3c(-c3cccc(-c4ccc(-c5cnc6ccccc6c5)cc4)c3)c21. The lowest BCUT2D eigenvalue weighted by Crippen LogP contribution is -2.16. The van der Waals surface area contributed by atoms with Gasteiger partial charge in [0.2, 0.25) is 0 Å². The molecule has 0 unspecified atom stereocenters. The van der Waals surface area contributed by atoms with Crippen LogP contribution in [0.1, 0.15) is 74.9 Å². The van der Waals surface area contributed by atoms with E-state index in [1.807, 2.05) is 36.8 Å². The highest BCUT2D eigenvalue weighted by atomic mass is 14.8. The highest BCUT2D eigenvalue weighted by Gasteiger charge is 2.44. The fraction of sp³-hybridized carbons (Fsp3) is 0.0682. The first kappa shape index (κ1) is 82.3. The van der Waals surface area contributed by atoms with Crippen molar-refractivity contribution in [1.29, 1.82) is 0 Å². The molecule has 3 aliphatic rings. The maximum atomic E-state index is 5.37. The number of benzene rings is 18. The predicted octanol–water partition coefficient (Wildman–Crippen LogP) is 34.3. The number of hydrogen-bond acceptors (Lipinski definition) is 7. The van der Waals surface area contributed by atoms with E-state index in [0.717, 1.165) is 105 Å². The first-order chi connectivity index (χ1) is 68.2.